The molecule has 0 unspecified atom stereocenters. The highest BCUT2D eigenvalue weighted by Crippen LogP contribution is 2.40. The molecule has 3 rings (SSSR count). The summed E-state index contributed by atoms with van der Waals surface area (Å²) in [6, 6.07) is 6.97. The molecule has 1 saturated carbocycles. The molecule has 1 aromatic rings. The quantitative estimate of drug-likeness (QED) is 0.552. The van der Waals surface area contributed by atoms with Gasteiger partial charge in [0.1, 0.15) is 5.66 Å². The van der Waals surface area contributed by atoms with Crippen LogP contribution in [0.3, 0.4) is 0 Å². The monoisotopic (exact) mass is 415 g/mol. The number of carbonyl (C=O) groups excluding carboxylic acids is 2. The number of carbonyl (C=O) groups is 2. The van der Waals surface area contributed by atoms with Gasteiger partial charge in [-0.05, 0) is 43.7 Å². The number of nitrogens with zero attached hydrogens (tertiary/aromatic N) is 3. The van der Waals surface area contributed by atoms with Gasteiger partial charge in [0.15, 0.2) is 0 Å². The van der Waals surface area contributed by atoms with E-state index in [1.165, 1.54) is 0 Å². The molecule has 0 aromatic heterocycles. The topological polar surface area (TPSA) is 147 Å². The van der Waals surface area contributed by atoms with Crippen molar-refractivity contribution in [3.05, 3.63) is 29.8 Å². The summed E-state index contributed by atoms with van der Waals surface area (Å²) in [7, 11) is 0. The van der Waals surface area contributed by atoms with E-state index in [1.807, 2.05) is 19.9 Å². The molecule has 10 nitrogen and oxygen atoms in total. The van der Waals surface area contributed by atoms with Crippen molar-refractivity contribution < 1.29 is 14.3 Å². The van der Waals surface area contributed by atoms with Crippen molar-refractivity contribution in [3.8, 4) is 0 Å². The Balaban J connectivity index is 1.84. The van der Waals surface area contributed by atoms with Crippen molar-refractivity contribution in [2.45, 2.75) is 51.6 Å². The van der Waals surface area contributed by atoms with Crippen molar-refractivity contribution in [1.29, 1.82) is 0 Å². The largest absolute Gasteiger partial charge is 0.448 e. The summed E-state index contributed by atoms with van der Waals surface area (Å²) in [5.41, 5.74) is 17.0. The van der Waals surface area contributed by atoms with Crippen molar-refractivity contribution in [1.82, 2.24) is 10.9 Å². The van der Waals surface area contributed by atoms with Gasteiger partial charge in [0.25, 0.3) is 5.91 Å². The van der Waals surface area contributed by atoms with Gasteiger partial charge in [-0.2, -0.15) is 4.99 Å². The number of benzene rings is 1. The second-order valence-electron chi connectivity index (χ2n) is 7.91. The normalized spacial score (nSPS) is 17.9. The van der Waals surface area contributed by atoms with Crippen LogP contribution in [0.4, 0.5) is 10.5 Å². The molecule has 10 heteroatoms. The molecular weight excluding hydrogens is 386 g/mol. The predicted molar refractivity (Wildman–Crippen MR) is 115 cm³/mol. The van der Waals surface area contributed by atoms with Crippen molar-refractivity contribution in [2.75, 3.05) is 11.5 Å². The highest BCUT2D eigenvalue weighted by molar-refractivity contribution is 6.10. The average Bonchev–Trinajstić information content (AvgIpc) is 2.70. The van der Waals surface area contributed by atoms with Crippen LogP contribution in [0.25, 0.3) is 0 Å². The second kappa shape index (κ2) is 9.02. The third kappa shape index (κ3) is 4.64. The van der Waals surface area contributed by atoms with Crippen LogP contribution in [0.15, 0.2) is 34.3 Å². The lowest BCUT2D eigenvalue weighted by atomic mass is 9.87. The number of para-hydroxylation sites is 1. The Kier molecular flexibility index (Phi) is 6.43. The summed E-state index contributed by atoms with van der Waals surface area (Å²) in [6.07, 6.45) is 3.82. The molecule has 2 amide bonds. The number of aliphatic imine (C=N–C) groups is 2. The van der Waals surface area contributed by atoms with E-state index in [9.17, 15) is 9.59 Å². The number of nitrogens with two attached hydrogens (primary N) is 2. The minimum absolute atomic E-state index is 0.141. The van der Waals surface area contributed by atoms with Gasteiger partial charge in [0.05, 0.1) is 17.9 Å². The maximum Gasteiger partial charge on any atom is 0.426 e. The first-order valence-corrected chi connectivity index (χ1v) is 10.1. The minimum Gasteiger partial charge on any atom is -0.448 e. The first kappa shape index (κ1) is 21.4. The number of nitrogens with one attached hydrogen (secondary N) is 2. The lowest BCUT2D eigenvalue weighted by molar-refractivity contribution is 0.0901. The number of ether oxygens (including phenoxy) is 1. The number of rotatable bonds is 4. The van der Waals surface area contributed by atoms with Crippen LogP contribution in [0.2, 0.25) is 0 Å². The molecule has 1 heterocycles. The molecule has 6 N–H and O–H groups in total. The fourth-order valence-electron chi connectivity index (χ4n) is 3.78. The summed E-state index contributed by atoms with van der Waals surface area (Å²) >= 11 is 0. The van der Waals surface area contributed by atoms with Gasteiger partial charge in [-0.3, -0.25) is 15.1 Å². The summed E-state index contributed by atoms with van der Waals surface area (Å²) in [5, 5.41) is 0. The Hall–Kier alpha value is -3.30. The third-order valence-electron chi connectivity index (χ3n) is 5.07. The number of guanidine groups is 2. The van der Waals surface area contributed by atoms with E-state index in [1.54, 1.807) is 23.1 Å². The molecule has 0 bridgehead atoms. The number of hydrogen-bond donors (Lipinski definition) is 4. The lowest BCUT2D eigenvalue weighted by Gasteiger charge is -2.46. The molecule has 0 saturated heterocycles. The Morgan fingerprint density at radius 3 is 2.57 bits per heavy atom. The van der Waals surface area contributed by atoms with Crippen molar-refractivity contribution in [2.24, 2.45) is 27.4 Å². The maximum atomic E-state index is 12.8. The summed E-state index contributed by atoms with van der Waals surface area (Å²) in [6.45, 7) is 4.09. The van der Waals surface area contributed by atoms with E-state index < -0.39 is 17.7 Å². The van der Waals surface area contributed by atoms with E-state index >= 15 is 0 Å². The number of hydrazine groups is 1. The fraction of sp³-hybridized carbons (Fsp3) is 0.500. The van der Waals surface area contributed by atoms with Crippen LogP contribution in [-0.4, -0.2) is 36.2 Å². The Morgan fingerprint density at radius 2 is 1.87 bits per heavy atom. The van der Waals surface area contributed by atoms with Crippen molar-refractivity contribution in [3.63, 3.8) is 0 Å². The first-order valence-electron chi connectivity index (χ1n) is 10.1. The summed E-state index contributed by atoms with van der Waals surface area (Å²) in [5.74, 6) is 0.0118. The molecule has 162 valence electrons. The van der Waals surface area contributed by atoms with Gasteiger partial charge in [0, 0.05) is 0 Å². The van der Waals surface area contributed by atoms with E-state index in [-0.39, 0.29) is 24.4 Å². The molecule has 1 fully saturated rings. The van der Waals surface area contributed by atoms with Crippen LogP contribution >= 0.6 is 0 Å². The van der Waals surface area contributed by atoms with Gasteiger partial charge in [0.2, 0.25) is 11.9 Å². The van der Waals surface area contributed by atoms with Gasteiger partial charge >= 0.3 is 6.09 Å². The number of amides is 2. The van der Waals surface area contributed by atoms with Crippen LogP contribution < -0.4 is 27.2 Å². The predicted octanol–water partition coefficient (Wildman–Crippen LogP) is 1.82. The SMILES string of the molecule is CC(C)COC(=O)NNC(=O)c1ccccc1N1C(N)=NC(N)=NC12CCCCC2. The molecule has 1 spiro atoms. The fourth-order valence-corrected chi connectivity index (χ4v) is 3.78. The van der Waals surface area contributed by atoms with Crippen LogP contribution in [0.5, 0.6) is 0 Å². The van der Waals surface area contributed by atoms with Crippen LogP contribution in [-0.2, 0) is 4.74 Å². The number of hydrogen-bond acceptors (Lipinski definition) is 8. The third-order valence-corrected chi connectivity index (χ3v) is 5.07. The van der Waals surface area contributed by atoms with E-state index in [2.05, 4.69) is 20.8 Å². The molecule has 0 radical (unpaired) electrons. The zero-order valence-electron chi connectivity index (χ0n) is 17.4. The second-order valence-corrected chi connectivity index (χ2v) is 7.91. The maximum absolute atomic E-state index is 12.8. The van der Waals surface area contributed by atoms with Crippen LogP contribution in [0, 0.1) is 5.92 Å². The molecular formula is C20H29N7O3. The molecule has 1 aliphatic heterocycles. The summed E-state index contributed by atoms with van der Waals surface area (Å²) < 4.78 is 5.01. The highest BCUT2D eigenvalue weighted by Gasteiger charge is 2.43. The molecule has 1 aliphatic carbocycles. The number of anilines is 1. The smallest absolute Gasteiger partial charge is 0.426 e. The minimum atomic E-state index is -0.727. The van der Waals surface area contributed by atoms with E-state index in [4.69, 9.17) is 16.2 Å². The Labute approximate surface area is 175 Å². The van der Waals surface area contributed by atoms with Gasteiger partial charge in [-0.1, -0.05) is 32.4 Å². The Morgan fingerprint density at radius 1 is 1.17 bits per heavy atom. The van der Waals surface area contributed by atoms with Gasteiger partial charge in [-0.15, -0.1) is 0 Å². The van der Waals surface area contributed by atoms with Gasteiger partial charge in [-0.25, -0.2) is 15.2 Å². The molecule has 1 aromatic carbocycles. The van der Waals surface area contributed by atoms with E-state index in [0.717, 1.165) is 32.1 Å². The molecule has 30 heavy (non-hydrogen) atoms. The van der Waals surface area contributed by atoms with E-state index in [0.29, 0.717) is 11.3 Å². The zero-order valence-corrected chi connectivity index (χ0v) is 17.4. The molecule has 2 aliphatic rings. The lowest BCUT2D eigenvalue weighted by Crippen LogP contribution is -2.58. The van der Waals surface area contributed by atoms with Crippen molar-refractivity contribution >= 4 is 29.6 Å². The first-order chi connectivity index (χ1) is 14.3. The standard InChI is InChI=1S/C20H29N7O3/c1-13(2)12-30-19(29)26-25-16(28)14-8-4-5-9-15(14)27-18(22)23-17(21)24-20(27)10-6-3-7-11-20/h4-5,8-9,13H,3,6-7,10-12H2,1-2H3,(H,25,28)(H,26,29)(H4,21,22,23,24). The summed E-state index contributed by atoms with van der Waals surface area (Å²) in [4.78, 5) is 35.2. The van der Waals surface area contributed by atoms with Crippen LogP contribution in [0.1, 0.15) is 56.3 Å². The van der Waals surface area contributed by atoms with Gasteiger partial charge < -0.3 is 16.2 Å². The Bertz CT molecular complexity index is 860. The molecule has 0 atom stereocenters. The zero-order chi connectivity index (χ0) is 21.7. The highest BCUT2D eigenvalue weighted by atomic mass is 16.6. The average molecular weight is 415 g/mol.